The average Bonchev–Trinajstić information content (AvgIpc) is 3.33. The van der Waals surface area contributed by atoms with Crippen LogP contribution in [0.1, 0.15) is 23.4 Å². The van der Waals surface area contributed by atoms with Crippen LogP contribution in [0.25, 0.3) is 0 Å². The normalized spacial score (nSPS) is 20.2. The van der Waals surface area contributed by atoms with Gasteiger partial charge in [-0.15, -0.1) is 0 Å². The van der Waals surface area contributed by atoms with E-state index in [1.165, 1.54) is 5.56 Å². The number of nitrogens with zero attached hydrogens (tertiary/aromatic N) is 5. The molecule has 0 N–H and O–H groups in total. The van der Waals surface area contributed by atoms with Crippen molar-refractivity contribution in [2.45, 2.75) is 33.7 Å². The molecular weight excluding hydrogens is 378 g/mol. The Labute approximate surface area is 178 Å². The highest BCUT2D eigenvalue weighted by molar-refractivity contribution is 6.00. The molecule has 30 heavy (non-hydrogen) atoms. The van der Waals surface area contributed by atoms with Crippen molar-refractivity contribution in [2.75, 3.05) is 44.2 Å². The van der Waals surface area contributed by atoms with Crippen LogP contribution in [-0.4, -0.2) is 70.4 Å². The first-order chi connectivity index (χ1) is 14.4. The van der Waals surface area contributed by atoms with Crippen molar-refractivity contribution in [2.24, 2.45) is 5.92 Å². The van der Waals surface area contributed by atoms with E-state index in [-0.39, 0.29) is 17.7 Å². The van der Waals surface area contributed by atoms with Gasteiger partial charge in [0.1, 0.15) is 5.82 Å². The van der Waals surface area contributed by atoms with Gasteiger partial charge < -0.3 is 14.4 Å². The van der Waals surface area contributed by atoms with Crippen molar-refractivity contribution in [1.29, 1.82) is 0 Å². The number of carbonyl (C=O) groups excluding carboxylic acids is 2. The number of aromatic nitrogens is 2. The Morgan fingerprint density at radius 3 is 2.50 bits per heavy atom. The summed E-state index contributed by atoms with van der Waals surface area (Å²) in [5.41, 5.74) is 3.27. The zero-order valence-corrected chi connectivity index (χ0v) is 18.2. The second-order valence-electron chi connectivity index (χ2n) is 8.51. The molecule has 2 fully saturated rings. The van der Waals surface area contributed by atoms with Crippen LogP contribution in [0.4, 0.5) is 5.69 Å². The quantitative estimate of drug-likeness (QED) is 0.758. The standard InChI is InChI=1S/C23H31N5O2/c1-17-4-5-21(14-18(17)2)28-16-20(15-22(28)29)23(30)27-12-9-25(10-13-27)8-11-26-7-6-24-19(26)3/h4-7,14,20H,8-13,15-16H2,1-3H3. The van der Waals surface area contributed by atoms with Gasteiger partial charge in [0.15, 0.2) is 0 Å². The number of benzene rings is 1. The number of hydrogen-bond acceptors (Lipinski definition) is 4. The van der Waals surface area contributed by atoms with Gasteiger partial charge in [-0.3, -0.25) is 14.5 Å². The third-order valence-electron chi connectivity index (χ3n) is 6.54. The smallest absolute Gasteiger partial charge is 0.228 e. The summed E-state index contributed by atoms with van der Waals surface area (Å²) in [4.78, 5) is 36.0. The molecule has 1 aromatic carbocycles. The first kappa shape index (κ1) is 20.6. The minimum Gasteiger partial charge on any atom is -0.340 e. The Morgan fingerprint density at radius 2 is 1.83 bits per heavy atom. The third-order valence-corrected chi connectivity index (χ3v) is 6.54. The van der Waals surface area contributed by atoms with Crippen LogP contribution in [-0.2, 0) is 16.1 Å². The Balaban J connectivity index is 1.29. The fourth-order valence-electron chi connectivity index (χ4n) is 4.36. The maximum absolute atomic E-state index is 13.1. The SMILES string of the molecule is Cc1ccc(N2CC(C(=O)N3CCN(CCn4ccnc4C)CC3)CC2=O)cc1C. The van der Waals surface area contributed by atoms with E-state index in [1.807, 2.05) is 42.4 Å². The lowest BCUT2D eigenvalue weighted by Crippen LogP contribution is -2.51. The molecule has 3 heterocycles. The molecule has 2 aliphatic rings. The van der Waals surface area contributed by atoms with Crippen LogP contribution < -0.4 is 4.90 Å². The Hall–Kier alpha value is -2.67. The van der Waals surface area contributed by atoms with E-state index < -0.39 is 0 Å². The minimum atomic E-state index is -0.237. The van der Waals surface area contributed by atoms with Crippen molar-refractivity contribution in [3.63, 3.8) is 0 Å². The fourth-order valence-corrected chi connectivity index (χ4v) is 4.36. The molecule has 0 bridgehead atoms. The topological polar surface area (TPSA) is 61.7 Å². The van der Waals surface area contributed by atoms with Crippen molar-refractivity contribution >= 4 is 17.5 Å². The van der Waals surface area contributed by atoms with Gasteiger partial charge in [0.05, 0.1) is 5.92 Å². The third kappa shape index (κ3) is 4.26. The van der Waals surface area contributed by atoms with Gasteiger partial charge in [0.2, 0.25) is 11.8 Å². The molecule has 2 aromatic rings. The summed E-state index contributed by atoms with van der Waals surface area (Å²) in [7, 11) is 0. The Morgan fingerprint density at radius 1 is 1.07 bits per heavy atom. The van der Waals surface area contributed by atoms with Crippen LogP contribution >= 0.6 is 0 Å². The van der Waals surface area contributed by atoms with E-state index in [1.54, 1.807) is 4.90 Å². The zero-order valence-electron chi connectivity index (χ0n) is 18.2. The first-order valence-electron chi connectivity index (χ1n) is 10.8. The summed E-state index contributed by atoms with van der Waals surface area (Å²) < 4.78 is 2.16. The highest BCUT2D eigenvalue weighted by atomic mass is 16.2. The Bertz CT molecular complexity index is 929. The molecule has 160 valence electrons. The molecule has 4 rings (SSSR count). The second-order valence-corrected chi connectivity index (χ2v) is 8.51. The molecule has 0 radical (unpaired) electrons. The summed E-state index contributed by atoms with van der Waals surface area (Å²) in [6.07, 6.45) is 4.15. The van der Waals surface area contributed by atoms with E-state index in [2.05, 4.69) is 28.3 Å². The highest BCUT2D eigenvalue weighted by Crippen LogP contribution is 2.28. The number of rotatable bonds is 5. The van der Waals surface area contributed by atoms with Gasteiger partial charge in [-0.05, 0) is 44.0 Å². The molecule has 0 saturated carbocycles. The summed E-state index contributed by atoms with van der Waals surface area (Å²) in [6.45, 7) is 11.7. The lowest BCUT2D eigenvalue weighted by Gasteiger charge is -2.36. The number of amides is 2. The predicted octanol–water partition coefficient (Wildman–Crippen LogP) is 2.01. The molecule has 7 nitrogen and oxygen atoms in total. The Kier molecular flexibility index (Phi) is 5.90. The monoisotopic (exact) mass is 409 g/mol. The largest absolute Gasteiger partial charge is 0.340 e. The van der Waals surface area contributed by atoms with Gasteiger partial charge in [0, 0.05) is 70.3 Å². The van der Waals surface area contributed by atoms with Crippen molar-refractivity contribution in [1.82, 2.24) is 19.4 Å². The molecule has 7 heteroatoms. The van der Waals surface area contributed by atoms with Gasteiger partial charge in [-0.1, -0.05) is 6.07 Å². The van der Waals surface area contributed by atoms with E-state index in [0.717, 1.165) is 56.3 Å². The minimum absolute atomic E-state index is 0.0472. The van der Waals surface area contributed by atoms with Crippen molar-refractivity contribution < 1.29 is 9.59 Å². The van der Waals surface area contributed by atoms with Crippen molar-refractivity contribution in [3.05, 3.63) is 47.5 Å². The summed E-state index contributed by atoms with van der Waals surface area (Å²) in [5.74, 6) is 0.966. The summed E-state index contributed by atoms with van der Waals surface area (Å²) >= 11 is 0. The summed E-state index contributed by atoms with van der Waals surface area (Å²) in [6, 6.07) is 6.06. The van der Waals surface area contributed by atoms with E-state index >= 15 is 0 Å². The molecule has 2 aliphatic heterocycles. The maximum atomic E-state index is 13.1. The first-order valence-corrected chi connectivity index (χ1v) is 10.8. The molecule has 1 unspecified atom stereocenters. The van der Waals surface area contributed by atoms with E-state index in [4.69, 9.17) is 0 Å². The fraction of sp³-hybridized carbons (Fsp3) is 0.522. The number of aryl methyl sites for hydroxylation is 3. The summed E-state index contributed by atoms with van der Waals surface area (Å²) in [5, 5.41) is 0. The molecule has 1 aromatic heterocycles. The van der Waals surface area contributed by atoms with Crippen LogP contribution in [0, 0.1) is 26.7 Å². The van der Waals surface area contributed by atoms with Crippen LogP contribution in [0.2, 0.25) is 0 Å². The maximum Gasteiger partial charge on any atom is 0.228 e. The zero-order chi connectivity index (χ0) is 21.3. The molecule has 2 saturated heterocycles. The van der Waals surface area contributed by atoms with Crippen molar-refractivity contribution in [3.8, 4) is 0 Å². The molecular formula is C23H31N5O2. The van der Waals surface area contributed by atoms with Gasteiger partial charge in [-0.25, -0.2) is 4.98 Å². The van der Waals surface area contributed by atoms with Gasteiger partial charge in [-0.2, -0.15) is 0 Å². The molecule has 2 amide bonds. The van der Waals surface area contributed by atoms with Gasteiger partial charge >= 0.3 is 0 Å². The van der Waals surface area contributed by atoms with Crippen LogP contribution in [0.5, 0.6) is 0 Å². The molecule has 1 atom stereocenters. The predicted molar refractivity (Wildman–Crippen MR) is 116 cm³/mol. The van der Waals surface area contributed by atoms with E-state index in [0.29, 0.717) is 13.0 Å². The number of imidazole rings is 1. The molecule has 0 aliphatic carbocycles. The highest BCUT2D eigenvalue weighted by Gasteiger charge is 2.38. The lowest BCUT2D eigenvalue weighted by molar-refractivity contribution is -0.137. The average molecular weight is 410 g/mol. The van der Waals surface area contributed by atoms with E-state index in [9.17, 15) is 9.59 Å². The lowest BCUT2D eigenvalue weighted by atomic mass is 10.1. The number of anilines is 1. The number of carbonyl (C=O) groups is 2. The molecule has 0 spiro atoms. The number of hydrogen-bond donors (Lipinski definition) is 0. The number of piperazine rings is 1. The second kappa shape index (κ2) is 8.60. The van der Waals surface area contributed by atoms with Crippen LogP contribution in [0.15, 0.2) is 30.6 Å². The van der Waals surface area contributed by atoms with Gasteiger partial charge in [0.25, 0.3) is 0 Å². The van der Waals surface area contributed by atoms with Crippen LogP contribution in [0.3, 0.4) is 0 Å².